The van der Waals surface area contributed by atoms with Gasteiger partial charge >= 0.3 is 0 Å². The maximum atomic E-state index is 12.7. The highest BCUT2D eigenvalue weighted by atomic mass is 35.5. The number of carbonyl (C=O) groups excluding carboxylic acids is 1. The third-order valence-electron chi connectivity index (χ3n) is 2.76. The van der Waals surface area contributed by atoms with Gasteiger partial charge in [-0.25, -0.2) is 8.42 Å². The molecule has 0 aliphatic heterocycles. The summed E-state index contributed by atoms with van der Waals surface area (Å²) >= 11 is 11.8. The highest BCUT2D eigenvalue weighted by Gasteiger charge is 2.29. The Kier molecular flexibility index (Phi) is 5.12. The Morgan fingerprint density at radius 3 is 2.59 bits per heavy atom. The zero-order valence-electron chi connectivity index (χ0n) is 11.2. The second-order valence-corrected chi connectivity index (χ2v) is 7.14. The number of furan rings is 1. The van der Waals surface area contributed by atoms with Gasteiger partial charge in [-0.3, -0.25) is 4.79 Å². The van der Waals surface area contributed by atoms with Crippen molar-refractivity contribution < 1.29 is 17.6 Å². The van der Waals surface area contributed by atoms with E-state index in [2.05, 4.69) is 0 Å². The van der Waals surface area contributed by atoms with E-state index in [1.807, 2.05) is 0 Å². The van der Waals surface area contributed by atoms with Crippen LogP contribution in [0.2, 0.25) is 10.0 Å². The fourth-order valence-electron chi connectivity index (χ4n) is 1.79. The van der Waals surface area contributed by atoms with Gasteiger partial charge in [0.05, 0.1) is 24.4 Å². The molecule has 1 aromatic heterocycles. The van der Waals surface area contributed by atoms with E-state index in [-0.39, 0.29) is 21.5 Å². The second-order valence-electron chi connectivity index (χ2n) is 4.39. The molecule has 0 spiro atoms. The van der Waals surface area contributed by atoms with Gasteiger partial charge in [-0.15, -0.1) is 0 Å². The molecule has 2 N–H and O–H groups in total. The van der Waals surface area contributed by atoms with Gasteiger partial charge in [-0.2, -0.15) is 4.31 Å². The summed E-state index contributed by atoms with van der Waals surface area (Å²) < 4.78 is 31.4. The quantitative estimate of drug-likeness (QED) is 0.852. The van der Waals surface area contributed by atoms with Crippen LogP contribution in [0.15, 0.2) is 45.9 Å². The summed E-state index contributed by atoms with van der Waals surface area (Å²) in [6.07, 6.45) is 1.40. The average Bonchev–Trinajstić information content (AvgIpc) is 2.93. The molecule has 0 fully saturated rings. The fraction of sp³-hybridized carbons (Fsp3) is 0.154. The third-order valence-corrected chi connectivity index (χ3v) is 5.26. The van der Waals surface area contributed by atoms with E-state index in [9.17, 15) is 13.2 Å². The topological polar surface area (TPSA) is 93.6 Å². The molecule has 1 heterocycles. The van der Waals surface area contributed by atoms with Crippen molar-refractivity contribution >= 4 is 39.1 Å². The lowest BCUT2D eigenvalue weighted by molar-refractivity contribution is -0.118. The summed E-state index contributed by atoms with van der Waals surface area (Å²) in [6.45, 7) is -0.660. The predicted octanol–water partition coefficient (Wildman–Crippen LogP) is 2.26. The van der Waals surface area contributed by atoms with Crippen LogP contribution in [0, 0.1) is 0 Å². The van der Waals surface area contributed by atoms with Crippen LogP contribution in [0.4, 0.5) is 0 Å². The number of hydrogen-bond acceptors (Lipinski definition) is 4. The monoisotopic (exact) mass is 362 g/mol. The second kappa shape index (κ2) is 6.70. The van der Waals surface area contributed by atoms with Gasteiger partial charge in [0.15, 0.2) is 0 Å². The van der Waals surface area contributed by atoms with Crippen LogP contribution < -0.4 is 5.73 Å². The number of rotatable bonds is 6. The normalized spacial score (nSPS) is 11.8. The summed E-state index contributed by atoms with van der Waals surface area (Å²) in [5.74, 6) is -0.434. The maximum absolute atomic E-state index is 12.7. The first-order chi connectivity index (χ1) is 10.3. The smallest absolute Gasteiger partial charge is 0.245 e. The number of carbonyl (C=O) groups is 1. The standard InChI is InChI=1S/C13H12Cl2N2O4S/c14-9-3-4-11(15)12(6-9)22(19,20)17(8-13(16)18)7-10-2-1-5-21-10/h1-6H,7-8H2,(H2,16,18). The molecule has 1 amide bonds. The molecule has 0 aliphatic carbocycles. The van der Waals surface area contributed by atoms with Gasteiger partial charge in [0.25, 0.3) is 0 Å². The lowest BCUT2D eigenvalue weighted by Crippen LogP contribution is -2.38. The number of primary amides is 1. The highest BCUT2D eigenvalue weighted by molar-refractivity contribution is 7.89. The Morgan fingerprint density at radius 2 is 2.00 bits per heavy atom. The Labute approximate surface area is 137 Å². The molecule has 22 heavy (non-hydrogen) atoms. The molecule has 118 valence electrons. The molecule has 0 aliphatic rings. The molecule has 2 aromatic rings. The molecule has 0 radical (unpaired) electrons. The van der Waals surface area contributed by atoms with Crippen molar-refractivity contribution in [3.05, 3.63) is 52.4 Å². The van der Waals surface area contributed by atoms with E-state index in [0.29, 0.717) is 5.76 Å². The molecule has 1 aromatic carbocycles. The van der Waals surface area contributed by atoms with E-state index in [4.69, 9.17) is 33.4 Å². The summed E-state index contributed by atoms with van der Waals surface area (Å²) in [7, 11) is -4.07. The largest absolute Gasteiger partial charge is 0.468 e. The van der Waals surface area contributed by atoms with Crippen molar-refractivity contribution in [3.63, 3.8) is 0 Å². The number of nitrogens with zero attached hydrogens (tertiary/aromatic N) is 1. The van der Waals surface area contributed by atoms with Crippen LogP contribution in [0.5, 0.6) is 0 Å². The first-order valence-corrected chi connectivity index (χ1v) is 8.26. The molecular weight excluding hydrogens is 351 g/mol. The Morgan fingerprint density at radius 1 is 1.27 bits per heavy atom. The zero-order valence-corrected chi connectivity index (χ0v) is 13.5. The molecule has 2 rings (SSSR count). The van der Waals surface area contributed by atoms with E-state index in [0.717, 1.165) is 4.31 Å². The minimum atomic E-state index is -4.07. The summed E-state index contributed by atoms with van der Waals surface area (Å²) in [4.78, 5) is 11.0. The minimum Gasteiger partial charge on any atom is -0.468 e. The minimum absolute atomic E-state index is 0.00156. The number of benzene rings is 1. The number of halogens is 2. The van der Waals surface area contributed by atoms with E-state index >= 15 is 0 Å². The number of hydrogen-bond donors (Lipinski definition) is 1. The fourth-order valence-corrected chi connectivity index (χ4v) is 3.90. The van der Waals surface area contributed by atoms with Crippen LogP contribution in [-0.4, -0.2) is 25.2 Å². The number of nitrogens with two attached hydrogens (primary N) is 1. The molecule has 9 heteroatoms. The van der Waals surface area contributed by atoms with Crippen molar-refractivity contribution in [2.75, 3.05) is 6.54 Å². The van der Waals surface area contributed by atoms with E-state index < -0.39 is 22.5 Å². The van der Waals surface area contributed by atoms with Crippen LogP contribution in [0.1, 0.15) is 5.76 Å². The third kappa shape index (κ3) is 3.80. The summed E-state index contributed by atoms with van der Waals surface area (Å²) in [6, 6.07) is 7.25. The first kappa shape index (κ1) is 16.8. The molecule has 0 saturated carbocycles. The van der Waals surface area contributed by atoms with Crippen LogP contribution >= 0.6 is 23.2 Å². The molecule has 0 unspecified atom stereocenters. The van der Waals surface area contributed by atoms with Gasteiger partial charge in [0, 0.05) is 5.02 Å². The number of amides is 1. The van der Waals surface area contributed by atoms with Crippen LogP contribution in [-0.2, 0) is 21.4 Å². The lowest BCUT2D eigenvalue weighted by Gasteiger charge is -2.20. The number of sulfonamides is 1. The molecule has 0 bridgehead atoms. The first-order valence-electron chi connectivity index (χ1n) is 6.06. The maximum Gasteiger partial charge on any atom is 0.245 e. The van der Waals surface area contributed by atoms with Gasteiger partial charge in [0.1, 0.15) is 10.7 Å². The summed E-state index contributed by atoms with van der Waals surface area (Å²) in [5.41, 5.74) is 5.13. The van der Waals surface area contributed by atoms with E-state index in [1.165, 1.54) is 24.5 Å². The Balaban J connectivity index is 2.44. The highest BCUT2D eigenvalue weighted by Crippen LogP contribution is 2.28. The molecule has 6 nitrogen and oxygen atoms in total. The Bertz CT molecular complexity index is 775. The van der Waals surface area contributed by atoms with Gasteiger partial charge in [-0.1, -0.05) is 23.2 Å². The molecule has 0 saturated heterocycles. The molecule has 0 atom stereocenters. The molecular formula is C13H12Cl2N2O4S. The average molecular weight is 363 g/mol. The van der Waals surface area contributed by atoms with Gasteiger partial charge in [-0.05, 0) is 30.3 Å². The zero-order chi connectivity index (χ0) is 16.3. The van der Waals surface area contributed by atoms with E-state index in [1.54, 1.807) is 12.1 Å². The van der Waals surface area contributed by atoms with Crippen molar-refractivity contribution in [3.8, 4) is 0 Å². The van der Waals surface area contributed by atoms with Crippen molar-refractivity contribution in [1.82, 2.24) is 4.31 Å². The lowest BCUT2D eigenvalue weighted by atomic mass is 10.4. The SMILES string of the molecule is NC(=O)CN(Cc1ccco1)S(=O)(=O)c1cc(Cl)ccc1Cl. The van der Waals surface area contributed by atoms with Gasteiger partial charge in [0.2, 0.25) is 15.9 Å². The Hall–Kier alpha value is -1.54. The van der Waals surface area contributed by atoms with Crippen LogP contribution in [0.25, 0.3) is 0 Å². The van der Waals surface area contributed by atoms with Crippen molar-refractivity contribution in [2.45, 2.75) is 11.4 Å². The van der Waals surface area contributed by atoms with Crippen molar-refractivity contribution in [1.29, 1.82) is 0 Å². The van der Waals surface area contributed by atoms with Gasteiger partial charge < -0.3 is 10.2 Å². The van der Waals surface area contributed by atoms with Crippen LogP contribution in [0.3, 0.4) is 0 Å². The summed E-state index contributed by atoms with van der Waals surface area (Å²) in [5, 5.41) is 0.207. The van der Waals surface area contributed by atoms with Crippen molar-refractivity contribution in [2.24, 2.45) is 5.73 Å². The predicted molar refractivity (Wildman–Crippen MR) is 82.0 cm³/mol.